The second-order valence-electron chi connectivity index (χ2n) is 4.67. The van der Waals surface area contributed by atoms with Crippen molar-refractivity contribution in [3.8, 4) is 0 Å². The van der Waals surface area contributed by atoms with Gasteiger partial charge in [-0.2, -0.15) is 0 Å². The number of amides is 1. The summed E-state index contributed by atoms with van der Waals surface area (Å²) in [6.45, 7) is 2.97. The summed E-state index contributed by atoms with van der Waals surface area (Å²) in [4.78, 5) is 14.3. The van der Waals surface area contributed by atoms with Gasteiger partial charge < -0.3 is 10.2 Å². The molecular weight excluding hydrogens is 248 g/mol. The summed E-state index contributed by atoms with van der Waals surface area (Å²) in [6, 6.07) is 17.3. The number of hydrogen-bond donors (Lipinski definition) is 1. The van der Waals surface area contributed by atoms with Crippen molar-refractivity contribution >= 4 is 17.3 Å². The van der Waals surface area contributed by atoms with Crippen molar-refractivity contribution in [2.24, 2.45) is 0 Å². The van der Waals surface area contributed by atoms with E-state index < -0.39 is 0 Å². The van der Waals surface area contributed by atoms with Gasteiger partial charge in [-0.05, 0) is 30.7 Å². The van der Waals surface area contributed by atoms with E-state index in [0.29, 0.717) is 5.56 Å². The Bertz CT molecular complexity index is 566. The molecule has 104 valence electrons. The lowest BCUT2D eigenvalue weighted by atomic mass is 10.1. The number of anilines is 2. The predicted molar refractivity (Wildman–Crippen MR) is 84.4 cm³/mol. The van der Waals surface area contributed by atoms with Crippen molar-refractivity contribution in [3.05, 3.63) is 60.2 Å². The minimum atomic E-state index is -0.00426. The monoisotopic (exact) mass is 268 g/mol. The van der Waals surface area contributed by atoms with Gasteiger partial charge in [0.05, 0.1) is 5.56 Å². The second kappa shape index (κ2) is 6.75. The van der Waals surface area contributed by atoms with Gasteiger partial charge in [0.15, 0.2) is 0 Å². The highest BCUT2D eigenvalue weighted by Crippen LogP contribution is 2.20. The highest BCUT2D eigenvalue weighted by atomic mass is 16.2. The molecule has 0 atom stereocenters. The van der Waals surface area contributed by atoms with E-state index in [4.69, 9.17) is 0 Å². The Morgan fingerprint density at radius 1 is 1.05 bits per heavy atom. The Hall–Kier alpha value is -2.29. The zero-order valence-corrected chi connectivity index (χ0v) is 12.0. The molecule has 3 nitrogen and oxygen atoms in total. The summed E-state index contributed by atoms with van der Waals surface area (Å²) >= 11 is 0. The first-order valence-electron chi connectivity index (χ1n) is 6.90. The third-order valence-electron chi connectivity index (χ3n) is 3.17. The quantitative estimate of drug-likeness (QED) is 0.895. The molecule has 0 unspecified atom stereocenters. The molecule has 1 amide bonds. The fourth-order valence-electron chi connectivity index (χ4n) is 2.03. The Morgan fingerprint density at radius 2 is 1.70 bits per heavy atom. The molecule has 2 aromatic carbocycles. The molecule has 0 aliphatic carbocycles. The molecule has 2 aromatic rings. The standard InChI is InChI=1S/C17H20N2O/c1-3-13-18-16-12-8-7-11-15(16)17(20)19(2)14-9-5-4-6-10-14/h4-12,18H,3,13H2,1-2H3. The largest absolute Gasteiger partial charge is 0.384 e. The molecule has 0 saturated heterocycles. The van der Waals surface area contributed by atoms with E-state index in [9.17, 15) is 4.79 Å². The predicted octanol–water partition coefficient (Wildman–Crippen LogP) is 3.79. The van der Waals surface area contributed by atoms with Crippen LogP contribution in [0.5, 0.6) is 0 Å². The van der Waals surface area contributed by atoms with Crippen molar-refractivity contribution in [1.82, 2.24) is 0 Å². The van der Waals surface area contributed by atoms with Crippen molar-refractivity contribution in [2.45, 2.75) is 13.3 Å². The number of nitrogens with one attached hydrogen (secondary N) is 1. The Labute approximate surface area is 120 Å². The third-order valence-corrected chi connectivity index (χ3v) is 3.17. The van der Waals surface area contributed by atoms with Crippen molar-refractivity contribution in [2.75, 3.05) is 23.8 Å². The lowest BCUT2D eigenvalue weighted by molar-refractivity contribution is 0.0994. The maximum absolute atomic E-state index is 12.6. The van der Waals surface area contributed by atoms with Crippen molar-refractivity contribution in [1.29, 1.82) is 0 Å². The zero-order valence-electron chi connectivity index (χ0n) is 12.0. The zero-order chi connectivity index (χ0) is 14.4. The maximum Gasteiger partial charge on any atom is 0.260 e. The van der Waals surface area contributed by atoms with E-state index in [1.165, 1.54) is 0 Å². The van der Waals surface area contributed by atoms with Gasteiger partial charge in [0, 0.05) is 25.0 Å². The molecule has 0 bridgehead atoms. The van der Waals surface area contributed by atoms with Crippen LogP contribution in [0.2, 0.25) is 0 Å². The summed E-state index contributed by atoms with van der Waals surface area (Å²) < 4.78 is 0. The first-order chi connectivity index (χ1) is 9.74. The summed E-state index contributed by atoms with van der Waals surface area (Å²) in [7, 11) is 1.80. The highest BCUT2D eigenvalue weighted by molar-refractivity contribution is 6.09. The summed E-state index contributed by atoms with van der Waals surface area (Å²) in [6.07, 6.45) is 1.02. The molecule has 20 heavy (non-hydrogen) atoms. The van der Waals surface area contributed by atoms with E-state index in [0.717, 1.165) is 24.3 Å². The fraction of sp³-hybridized carbons (Fsp3) is 0.235. The van der Waals surface area contributed by atoms with E-state index in [2.05, 4.69) is 12.2 Å². The molecular formula is C17H20N2O. The molecule has 0 heterocycles. The number of carbonyl (C=O) groups excluding carboxylic acids is 1. The van der Waals surface area contributed by atoms with Crippen molar-refractivity contribution < 1.29 is 4.79 Å². The lowest BCUT2D eigenvalue weighted by Crippen LogP contribution is -2.27. The van der Waals surface area contributed by atoms with Crippen LogP contribution in [0.1, 0.15) is 23.7 Å². The van der Waals surface area contributed by atoms with Gasteiger partial charge >= 0.3 is 0 Å². The Kier molecular flexibility index (Phi) is 4.77. The van der Waals surface area contributed by atoms with Gasteiger partial charge in [-0.3, -0.25) is 4.79 Å². The molecule has 0 fully saturated rings. The topological polar surface area (TPSA) is 32.3 Å². The van der Waals surface area contributed by atoms with Crippen LogP contribution >= 0.6 is 0 Å². The van der Waals surface area contributed by atoms with E-state index in [-0.39, 0.29) is 5.91 Å². The molecule has 0 aromatic heterocycles. The SMILES string of the molecule is CCCNc1ccccc1C(=O)N(C)c1ccccc1. The van der Waals surface area contributed by atoms with E-state index in [1.807, 2.05) is 54.6 Å². The van der Waals surface area contributed by atoms with Crippen molar-refractivity contribution in [3.63, 3.8) is 0 Å². The highest BCUT2D eigenvalue weighted by Gasteiger charge is 2.16. The third kappa shape index (κ3) is 3.18. The average Bonchev–Trinajstić information content (AvgIpc) is 2.52. The number of carbonyl (C=O) groups is 1. The molecule has 0 radical (unpaired) electrons. The number of rotatable bonds is 5. The maximum atomic E-state index is 12.6. The first-order valence-corrected chi connectivity index (χ1v) is 6.90. The molecule has 0 aliphatic heterocycles. The number of benzene rings is 2. The molecule has 3 heteroatoms. The Morgan fingerprint density at radius 3 is 2.40 bits per heavy atom. The van der Waals surface area contributed by atoms with Crippen LogP contribution in [-0.4, -0.2) is 19.5 Å². The smallest absolute Gasteiger partial charge is 0.260 e. The van der Waals surface area contributed by atoms with Gasteiger partial charge in [0.25, 0.3) is 5.91 Å². The van der Waals surface area contributed by atoms with Gasteiger partial charge in [-0.25, -0.2) is 0 Å². The molecule has 2 rings (SSSR count). The lowest BCUT2D eigenvalue weighted by Gasteiger charge is -2.19. The number of nitrogens with zero attached hydrogens (tertiary/aromatic N) is 1. The molecule has 0 saturated carbocycles. The Balaban J connectivity index is 2.25. The number of para-hydroxylation sites is 2. The molecule has 0 spiro atoms. The normalized spacial score (nSPS) is 10.1. The summed E-state index contributed by atoms with van der Waals surface area (Å²) in [5.41, 5.74) is 2.48. The van der Waals surface area contributed by atoms with Crippen LogP contribution in [-0.2, 0) is 0 Å². The first kappa shape index (κ1) is 14.1. The van der Waals surface area contributed by atoms with Gasteiger partial charge in [0.2, 0.25) is 0 Å². The van der Waals surface area contributed by atoms with Crippen LogP contribution in [0.15, 0.2) is 54.6 Å². The van der Waals surface area contributed by atoms with Gasteiger partial charge in [-0.1, -0.05) is 37.3 Å². The van der Waals surface area contributed by atoms with Gasteiger partial charge in [-0.15, -0.1) is 0 Å². The molecule has 1 N–H and O–H groups in total. The van der Waals surface area contributed by atoms with Crippen LogP contribution in [0, 0.1) is 0 Å². The van der Waals surface area contributed by atoms with Crippen LogP contribution < -0.4 is 10.2 Å². The summed E-state index contributed by atoms with van der Waals surface area (Å²) in [5.74, 6) is -0.00426. The average molecular weight is 268 g/mol. The number of hydrogen-bond acceptors (Lipinski definition) is 2. The van der Waals surface area contributed by atoms with Gasteiger partial charge in [0.1, 0.15) is 0 Å². The molecule has 0 aliphatic rings. The minimum absolute atomic E-state index is 0.00426. The van der Waals surface area contributed by atoms with Crippen LogP contribution in [0.4, 0.5) is 11.4 Å². The fourth-order valence-corrected chi connectivity index (χ4v) is 2.03. The van der Waals surface area contributed by atoms with Crippen LogP contribution in [0.25, 0.3) is 0 Å². The summed E-state index contributed by atoms with van der Waals surface area (Å²) in [5, 5.41) is 3.30. The minimum Gasteiger partial charge on any atom is -0.384 e. The van der Waals surface area contributed by atoms with E-state index in [1.54, 1.807) is 11.9 Å². The second-order valence-corrected chi connectivity index (χ2v) is 4.67. The van der Waals surface area contributed by atoms with E-state index >= 15 is 0 Å². The van der Waals surface area contributed by atoms with Crippen LogP contribution in [0.3, 0.4) is 0 Å².